The van der Waals surface area contributed by atoms with Gasteiger partial charge in [0.15, 0.2) is 0 Å². The number of fused-ring (bicyclic) bond motifs is 1. The molecule has 0 bridgehead atoms. The molecule has 2 aromatic carbocycles. The Morgan fingerprint density at radius 1 is 1.05 bits per heavy atom. The molecule has 2 aromatic rings. The summed E-state index contributed by atoms with van der Waals surface area (Å²) in [5.74, 6) is -0.219. The van der Waals surface area contributed by atoms with Gasteiger partial charge < -0.3 is 10.6 Å². The molecule has 0 amide bonds. The molecule has 98 valence electrons. The molecule has 0 atom stereocenters. The van der Waals surface area contributed by atoms with Crippen LogP contribution in [0.3, 0.4) is 0 Å². The highest BCUT2D eigenvalue weighted by Gasteiger charge is 2.20. The van der Waals surface area contributed by atoms with Gasteiger partial charge >= 0.3 is 0 Å². The van der Waals surface area contributed by atoms with E-state index in [1.54, 1.807) is 6.07 Å². The molecule has 3 heteroatoms. The fraction of sp³-hybridized carbons (Fsp3) is 0.250. The molecule has 1 heterocycles. The largest absolute Gasteiger partial charge is 0.341 e. The summed E-state index contributed by atoms with van der Waals surface area (Å²) in [6.45, 7) is 1.13. The normalized spacial score (nSPS) is 14.3. The highest BCUT2D eigenvalue weighted by Crippen LogP contribution is 2.35. The molecule has 1 aliphatic rings. The summed E-state index contributed by atoms with van der Waals surface area (Å²) in [5.41, 5.74) is 9.70. The van der Waals surface area contributed by atoms with E-state index in [0.29, 0.717) is 5.56 Å². The van der Waals surface area contributed by atoms with Crippen LogP contribution in [-0.2, 0) is 13.0 Å². The second-order valence-corrected chi connectivity index (χ2v) is 4.83. The van der Waals surface area contributed by atoms with Crippen LogP contribution < -0.4 is 10.6 Å². The Morgan fingerprint density at radius 2 is 1.84 bits per heavy atom. The Bertz CT molecular complexity index is 595. The molecule has 0 fully saturated rings. The Labute approximate surface area is 112 Å². The van der Waals surface area contributed by atoms with Gasteiger partial charge in [0.1, 0.15) is 5.82 Å². The molecule has 2 nitrogen and oxygen atoms in total. The first kappa shape index (κ1) is 12.2. The van der Waals surface area contributed by atoms with E-state index in [2.05, 4.69) is 23.1 Å². The maximum absolute atomic E-state index is 13.9. The van der Waals surface area contributed by atoms with Crippen LogP contribution >= 0.6 is 0 Å². The van der Waals surface area contributed by atoms with Crippen LogP contribution in [0.1, 0.15) is 17.5 Å². The van der Waals surface area contributed by atoms with Crippen LogP contribution in [-0.4, -0.2) is 6.54 Å². The first-order chi connectivity index (χ1) is 9.31. The van der Waals surface area contributed by atoms with Crippen LogP contribution in [0.2, 0.25) is 0 Å². The van der Waals surface area contributed by atoms with Gasteiger partial charge in [-0.1, -0.05) is 24.3 Å². The van der Waals surface area contributed by atoms with Crippen molar-refractivity contribution >= 4 is 11.4 Å². The molecule has 0 aromatic heterocycles. The van der Waals surface area contributed by atoms with Crippen molar-refractivity contribution in [1.29, 1.82) is 0 Å². The van der Waals surface area contributed by atoms with E-state index in [1.807, 2.05) is 12.1 Å². The molecular formula is C16H17FN2. The van der Waals surface area contributed by atoms with Crippen LogP contribution in [0.25, 0.3) is 0 Å². The average molecular weight is 256 g/mol. The Hall–Kier alpha value is -1.87. The second-order valence-electron chi connectivity index (χ2n) is 4.83. The highest BCUT2D eigenvalue weighted by molar-refractivity contribution is 5.70. The van der Waals surface area contributed by atoms with Crippen LogP contribution in [0.5, 0.6) is 0 Å². The lowest BCUT2D eigenvalue weighted by molar-refractivity contribution is 0.609. The molecule has 0 saturated heterocycles. The summed E-state index contributed by atoms with van der Waals surface area (Å²) < 4.78 is 13.9. The number of aryl methyl sites for hydroxylation is 1. The molecule has 19 heavy (non-hydrogen) atoms. The molecule has 0 aliphatic carbocycles. The molecule has 1 aliphatic heterocycles. The molecule has 2 N–H and O–H groups in total. The van der Waals surface area contributed by atoms with Crippen LogP contribution in [0, 0.1) is 5.82 Å². The minimum absolute atomic E-state index is 0.219. The Balaban J connectivity index is 2.12. The number of hydrogen-bond donors (Lipinski definition) is 1. The van der Waals surface area contributed by atoms with Crippen LogP contribution in [0.15, 0.2) is 42.5 Å². The number of para-hydroxylation sites is 1. The van der Waals surface area contributed by atoms with Gasteiger partial charge in [-0.3, -0.25) is 0 Å². The topological polar surface area (TPSA) is 29.3 Å². The third-order valence-electron chi connectivity index (χ3n) is 3.70. The van der Waals surface area contributed by atoms with Crippen molar-refractivity contribution in [1.82, 2.24) is 0 Å². The van der Waals surface area contributed by atoms with Crippen molar-refractivity contribution in [3.8, 4) is 0 Å². The van der Waals surface area contributed by atoms with Crippen molar-refractivity contribution < 1.29 is 4.39 Å². The van der Waals surface area contributed by atoms with Gasteiger partial charge in [-0.25, -0.2) is 4.39 Å². The van der Waals surface area contributed by atoms with Gasteiger partial charge in [0.25, 0.3) is 0 Å². The van der Waals surface area contributed by atoms with Gasteiger partial charge in [0.05, 0.1) is 0 Å². The maximum atomic E-state index is 13.9. The molecule has 0 radical (unpaired) electrons. The number of rotatable bonds is 2. The number of hydrogen-bond acceptors (Lipinski definition) is 2. The molecule has 0 spiro atoms. The third-order valence-corrected chi connectivity index (χ3v) is 3.70. The fourth-order valence-corrected chi connectivity index (χ4v) is 2.79. The van der Waals surface area contributed by atoms with Crippen molar-refractivity contribution in [3.63, 3.8) is 0 Å². The van der Waals surface area contributed by atoms with E-state index in [1.165, 1.54) is 17.3 Å². The van der Waals surface area contributed by atoms with E-state index < -0.39 is 0 Å². The summed E-state index contributed by atoms with van der Waals surface area (Å²) >= 11 is 0. The Morgan fingerprint density at radius 3 is 2.68 bits per heavy atom. The smallest absolute Gasteiger partial charge is 0.129 e. The number of anilines is 2. The summed E-state index contributed by atoms with van der Waals surface area (Å²) in [5, 5.41) is 0. The van der Waals surface area contributed by atoms with Crippen molar-refractivity contribution in [2.75, 3.05) is 11.4 Å². The van der Waals surface area contributed by atoms with Crippen molar-refractivity contribution in [2.45, 2.75) is 19.4 Å². The van der Waals surface area contributed by atoms with Gasteiger partial charge in [0.2, 0.25) is 0 Å². The molecule has 0 saturated carbocycles. The van der Waals surface area contributed by atoms with Crippen LogP contribution in [0.4, 0.5) is 15.8 Å². The monoisotopic (exact) mass is 256 g/mol. The molecular weight excluding hydrogens is 239 g/mol. The van der Waals surface area contributed by atoms with E-state index >= 15 is 0 Å². The van der Waals surface area contributed by atoms with E-state index in [0.717, 1.165) is 25.1 Å². The molecule has 0 unspecified atom stereocenters. The van der Waals surface area contributed by atoms with Gasteiger partial charge in [0, 0.05) is 30.0 Å². The number of nitrogens with zero attached hydrogens (tertiary/aromatic N) is 1. The lowest BCUT2D eigenvalue weighted by atomic mass is 10.00. The van der Waals surface area contributed by atoms with Crippen molar-refractivity contribution in [2.24, 2.45) is 5.73 Å². The zero-order valence-electron chi connectivity index (χ0n) is 10.8. The minimum atomic E-state index is -0.219. The average Bonchev–Trinajstić information content (AvgIpc) is 2.46. The first-order valence-corrected chi connectivity index (χ1v) is 6.64. The highest BCUT2D eigenvalue weighted by atomic mass is 19.1. The number of halogens is 1. The quantitative estimate of drug-likeness (QED) is 0.892. The third kappa shape index (κ3) is 2.10. The van der Waals surface area contributed by atoms with Gasteiger partial charge in [-0.2, -0.15) is 0 Å². The fourth-order valence-electron chi connectivity index (χ4n) is 2.79. The van der Waals surface area contributed by atoms with E-state index in [9.17, 15) is 4.39 Å². The summed E-state index contributed by atoms with van der Waals surface area (Å²) in [6, 6.07) is 13.5. The maximum Gasteiger partial charge on any atom is 0.129 e. The predicted molar refractivity (Wildman–Crippen MR) is 76.1 cm³/mol. The SMILES string of the molecule is NCc1c(F)cccc1N1CCCc2ccccc21. The Kier molecular flexibility index (Phi) is 3.22. The number of benzene rings is 2. The van der Waals surface area contributed by atoms with E-state index in [4.69, 9.17) is 5.73 Å². The molecule has 3 rings (SSSR count). The second kappa shape index (κ2) is 5.02. The standard InChI is InChI=1S/C16H17FN2/c17-14-7-3-9-16(13(14)11-18)19-10-4-6-12-5-1-2-8-15(12)19/h1-3,5,7-9H,4,6,10-11,18H2. The zero-order chi connectivity index (χ0) is 13.2. The van der Waals surface area contributed by atoms with Gasteiger partial charge in [-0.15, -0.1) is 0 Å². The zero-order valence-corrected chi connectivity index (χ0v) is 10.8. The lowest BCUT2D eigenvalue weighted by Crippen LogP contribution is -2.26. The van der Waals surface area contributed by atoms with Gasteiger partial charge in [-0.05, 0) is 36.6 Å². The number of nitrogens with two attached hydrogens (primary N) is 1. The predicted octanol–water partition coefficient (Wildman–Crippen LogP) is 3.37. The summed E-state index contributed by atoms with van der Waals surface area (Å²) in [7, 11) is 0. The summed E-state index contributed by atoms with van der Waals surface area (Å²) in [6.07, 6.45) is 2.16. The summed E-state index contributed by atoms with van der Waals surface area (Å²) in [4.78, 5) is 2.18. The first-order valence-electron chi connectivity index (χ1n) is 6.64. The van der Waals surface area contributed by atoms with E-state index in [-0.39, 0.29) is 12.4 Å². The lowest BCUT2D eigenvalue weighted by Gasteiger charge is -2.32. The minimum Gasteiger partial charge on any atom is -0.341 e. The van der Waals surface area contributed by atoms with Crippen molar-refractivity contribution in [3.05, 3.63) is 59.4 Å².